The van der Waals surface area contributed by atoms with Gasteiger partial charge in [-0.1, -0.05) is 5.16 Å². The number of hydrogen-bond donors (Lipinski definition) is 2. The molecule has 1 aliphatic carbocycles. The van der Waals surface area contributed by atoms with Crippen LogP contribution >= 0.6 is 0 Å². The number of hydrogen-bond acceptors (Lipinski definition) is 3. The Kier molecular flexibility index (Phi) is 3.75. The highest BCUT2D eigenvalue weighted by Gasteiger charge is 2.32. The summed E-state index contributed by atoms with van der Waals surface area (Å²) in [5, 5.41) is 11.5. The summed E-state index contributed by atoms with van der Waals surface area (Å²) in [7, 11) is 2.11. The average Bonchev–Trinajstić information content (AvgIpc) is 2.98. The van der Waals surface area contributed by atoms with Crippen LogP contribution in [0.3, 0.4) is 0 Å². The number of nitrogens with two attached hydrogens (primary N) is 1. The molecule has 1 rings (SSSR count). The minimum atomic E-state index is 0.312. The van der Waals surface area contributed by atoms with Crippen LogP contribution in [0.1, 0.15) is 33.1 Å². The van der Waals surface area contributed by atoms with Gasteiger partial charge in [-0.2, -0.15) is 0 Å². The Morgan fingerprint density at radius 2 is 2.14 bits per heavy atom. The smallest absolute Gasteiger partial charge is 0.140 e. The molecular weight excluding hydrogens is 178 g/mol. The van der Waals surface area contributed by atoms with E-state index < -0.39 is 0 Å². The van der Waals surface area contributed by atoms with Crippen molar-refractivity contribution in [3.8, 4) is 0 Å². The van der Waals surface area contributed by atoms with E-state index in [1.54, 1.807) is 0 Å². The van der Waals surface area contributed by atoms with E-state index in [0.717, 1.165) is 5.92 Å². The van der Waals surface area contributed by atoms with Gasteiger partial charge in [0.2, 0.25) is 0 Å². The van der Waals surface area contributed by atoms with Crippen molar-refractivity contribution in [3.05, 3.63) is 0 Å². The molecular formula is C10H21N3O. The summed E-state index contributed by atoms with van der Waals surface area (Å²) in [5.74, 6) is 1.17. The van der Waals surface area contributed by atoms with Crippen LogP contribution in [0.15, 0.2) is 5.16 Å². The minimum Gasteiger partial charge on any atom is -0.409 e. The molecule has 0 aromatic heterocycles. The maximum Gasteiger partial charge on any atom is 0.140 e. The Morgan fingerprint density at radius 1 is 1.57 bits per heavy atom. The molecule has 1 aliphatic rings. The average molecular weight is 199 g/mol. The maximum atomic E-state index is 8.47. The Balaban J connectivity index is 2.38. The van der Waals surface area contributed by atoms with Gasteiger partial charge in [-0.25, -0.2) is 0 Å². The summed E-state index contributed by atoms with van der Waals surface area (Å²) in [6, 6.07) is 0.943. The van der Waals surface area contributed by atoms with E-state index in [0.29, 0.717) is 24.3 Å². The van der Waals surface area contributed by atoms with Gasteiger partial charge in [0.25, 0.3) is 0 Å². The van der Waals surface area contributed by atoms with E-state index in [-0.39, 0.29) is 0 Å². The van der Waals surface area contributed by atoms with Crippen LogP contribution in [0.4, 0.5) is 0 Å². The first-order valence-corrected chi connectivity index (χ1v) is 5.24. The van der Waals surface area contributed by atoms with Crippen molar-refractivity contribution in [1.29, 1.82) is 0 Å². The van der Waals surface area contributed by atoms with Gasteiger partial charge in [0.1, 0.15) is 5.84 Å². The van der Waals surface area contributed by atoms with Crippen molar-refractivity contribution in [2.75, 3.05) is 7.05 Å². The highest BCUT2D eigenvalue weighted by molar-refractivity contribution is 5.80. The second kappa shape index (κ2) is 4.64. The van der Waals surface area contributed by atoms with E-state index in [1.807, 2.05) is 0 Å². The fourth-order valence-electron chi connectivity index (χ4n) is 1.80. The van der Waals surface area contributed by atoms with Crippen molar-refractivity contribution >= 4 is 5.84 Å². The predicted octanol–water partition coefficient (Wildman–Crippen LogP) is 1.24. The zero-order valence-electron chi connectivity index (χ0n) is 9.27. The predicted molar refractivity (Wildman–Crippen MR) is 57.4 cm³/mol. The summed E-state index contributed by atoms with van der Waals surface area (Å²) in [5.41, 5.74) is 5.48. The molecule has 3 N–H and O–H groups in total. The first kappa shape index (κ1) is 11.3. The van der Waals surface area contributed by atoms with Gasteiger partial charge in [-0.3, -0.25) is 0 Å². The zero-order valence-corrected chi connectivity index (χ0v) is 9.27. The highest BCUT2D eigenvalue weighted by atomic mass is 16.4. The second-order valence-corrected chi connectivity index (χ2v) is 4.39. The van der Waals surface area contributed by atoms with Crippen molar-refractivity contribution in [2.45, 2.75) is 45.2 Å². The van der Waals surface area contributed by atoms with Gasteiger partial charge >= 0.3 is 0 Å². The standard InChI is InChI=1S/C10H21N3O/c1-7(6-10(11)12-14)13(3)8(2)9-4-5-9/h7-9,14H,4-6H2,1-3H3,(H2,11,12). The molecule has 0 radical (unpaired) electrons. The Bertz CT molecular complexity index is 213. The van der Waals surface area contributed by atoms with Crippen LogP contribution in [-0.2, 0) is 0 Å². The molecule has 0 aliphatic heterocycles. The molecule has 0 aromatic carbocycles. The van der Waals surface area contributed by atoms with Gasteiger partial charge in [-0.05, 0) is 39.7 Å². The monoisotopic (exact) mass is 199 g/mol. The molecule has 0 spiro atoms. The SMILES string of the molecule is CC(CC(N)=NO)N(C)C(C)C1CC1. The molecule has 14 heavy (non-hydrogen) atoms. The van der Waals surface area contributed by atoms with Crippen molar-refractivity contribution in [1.82, 2.24) is 4.90 Å². The van der Waals surface area contributed by atoms with Crippen molar-refractivity contribution in [2.24, 2.45) is 16.8 Å². The zero-order chi connectivity index (χ0) is 10.7. The summed E-state index contributed by atoms with van der Waals surface area (Å²) in [6.07, 6.45) is 3.33. The van der Waals surface area contributed by atoms with Crippen LogP contribution < -0.4 is 5.73 Å². The third kappa shape index (κ3) is 2.87. The molecule has 0 heterocycles. The minimum absolute atomic E-state index is 0.312. The van der Waals surface area contributed by atoms with Crippen molar-refractivity contribution < 1.29 is 5.21 Å². The molecule has 2 atom stereocenters. The lowest BCUT2D eigenvalue weighted by atomic mass is 10.1. The van der Waals surface area contributed by atoms with Gasteiger partial charge in [-0.15, -0.1) is 0 Å². The summed E-state index contributed by atoms with van der Waals surface area (Å²) in [4.78, 5) is 2.32. The summed E-state index contributed by atoms with van der Waals surface area (Å²) >= 11 is 0. The van der Waals surface area contributed by atoms with Gasteiger partial charge in [0.15, 0.2) is 0 Å². The third-order valence-electron chi connectivity index (χ3n) is 3.27. The number of rotatable bonds is 5. The maximum absolute atomic E-state index is 8.47. The Hall–Kier alpha value is -0.770. The fraction of sp³-hybridized carbons (Fsp3) is 0.900. The number of nitrogens with zero attached hydrogens (tertiary/aromatic N) is 2. The first-order chi connectivity index (χ1) is 6.56. The number of amidine groups is 1. The summed E-state index contributed by atoms with van der Waals surface area (Å²) in [6.45, 7) is 4.36. The normalized spacial score (nSPS) is 22.4. The molecule has 4 heteroatoms. The van der Waals surface area contributed by atoms with E-state index in [9.17, 15) is 0 Å². The van der Waals surface area contributed by atoms with Gasteiger partial charge in [0, 0.05) is 18.5 Å². The quantitative estimate of drug-likeness (QED) is 0.303. The van der Waals surface area contributed by atoms with Gasteiger partial charge in [0.05, 0.1) is 0 Å². The molecule has 4 nitrogen and oxygen atoms in total. The lowest BCUT2D eigenvalue weighted by molar-refractivity contribution is 0.180. The van der Waals surface area contributed by atoms with Crippen LogP contribution in [0.25, 0.3) is 0 Å². The largest absolute Gasteiger partial charge is 0.409 e. The lowest BCUT2D eigenvalue weighted by Crippen LogP contribution is -2.40. The fourth-order valence-corrected chi connectivity index (χ4v) is 1.80. The topological polar surface area (TPSA) is 61.9 Å². The highest BCUT2D eigenvalue weighted by Crippen LogP contribution is 2.35. The first-order valence-electron chi connectivity index (χ1n) is 5.24. The molecule has 0 amide bonds. The molecule has 82 valence electrons. The Morgan fingerprint density at radius 3 is 2.57 bits per heavy atom. The van der Waals surface area contributed by atoms with E-state index in [4.69, 9.17) is 10.9 Å². The third-order valence-corrected chi connectivity index (χ3v) is 3.27. The van der Waals surface area contributed by atoms with E-state index >= 15 is 0 Å². The van der Waals surface area contributed by atoms with E-state index in [1.165, 1.54) is 12.8 Å². The molecule has 0 saturated heterocycles. The molecule has 0 aromatic rings. The van der Waals surface area contributed by atoms with E-state index in [2.05, 4.69) is 31.0 Å². The molecule has 0 bridgehead atoms. The van der Waals surface area contributed by atoms with Crippen LogP contribution in [0.5, 0.6) is 0 Å². The van der Waals surface area contributed by atoms with Crippen LogP contribution in [0, 0.1) is 5.92 Å². The lowest BCUT2D eigenvalue weighted by Gasteiger charge is -2.30. The molecule has 1 fully saturated rings. The molecule has 1 saturated carbocycles. The summed E-state index contributed by atoms with van der Waals surface area (Å²) < 4.78 is 0. The second-order valence-electron chi connectivity index (χ2n) is 4.39. The van der Waals surface area contributed by atoms with Crippen LogP contribution in [-0.4, -0.2) is 35.1 Å². The van der Waals surface area contributed by atoms with Crippen LogP contribution in [0.2, 0.25) is 0 Å². The number of oxime groups is 1. The van der Waals surface area contributed by atoms with Gasteiger partial charge < -0.3 is 15.8 Å². The Labute approximate surface area is 85.8 Å². The van der Waals surface area contributed by atoms with Crippen molar-refractivity contribution in [3.63, 3.8) is 0 Å². The molecule has 2 unspecified atom stereocenters.